The molecule has 200 valence electrons. The number of thioether (sulfide) groups is 2. The van der Waals surface area contributed by atoms with Gasteiger partial charge in [0.25, 0.3) is 0 Å². The summed E-state index contributed by atoms with van der Waals surface area (Å²) in [6.45, 7) is 52.4. The molecule has 0 aromatic heterocycles. The first-order valence-corrected chi connectivity index (χ1v) is 51.3. The molecule has 0 atom stereocenters. The summed E-state index contributed by atoms with van der Waals surface area (Å²) in [5, 5.41) is 2.98. The highest BCUT2D eigenvalue weighted by Gasteiger charge is 2.70. The molecule has 0 rings (SSSR count). The molecule has 0 aliphatic carbocycles. The predicted octanol–water partition coefficient (Wildman–Crippen LogP) is 8.79. The molecule has 0 saturated heterocycles. The summed E-state index contributed by atoms with van der Waals surface area (Å²) in [5.41, 5.74) is 0. The van der Waals surface area contributed by atoms with Crippen LogP contribution in [0, 0.1) is 0 Å². The Hall–Kier alpha value is 2.65. The van der Waals surface area contributed by atoms with Crippen LogP contribution in [0.25, 0.3) is 0 Å². The van der Waals surface area contributed by atoms with Crippen molar-refractivity contribution in [2.24, 2.45) is 0 Å². The molecular weight excluding hydrogens is 581 g/mol. The van der Waals surface area contributed by atoms with Gasteiger partial charge in [0.2, 0.25) is 0 Å². The maximum absolute atomic E-state index is 2.98. The van der Waals surface area contributed by atoms with Crippen LogP contribution in [0.15, 0.2) is 0 Å². The Labute approximate surface area is 227 Å². The van der Waals surface area contributed by atoms with Gasteiger partial charge in [-0.05, 0) is 23.3 Å². The van der Waals surface area contributed by atoms with Crippen LogP contribution in [-0.4, -0.2) is 88.2 Å². The highest BCUT2D eigenvalue weighted by atomic mass is 32.2. The first-order valence-electron chi connectivity index (χ1n) is 13.1. The topological polar surface area (TPSA) is 0 Å². The number of hydrogen-bond acceptors (Lipinski definition) is 2. The fraction of sp³-hybridized carbons (Fsp3) is 1.00. The summed E-state index contributed by atoms with van der Waals surface area (Å²) in [4.78, 5) is 0. The summed E-state index contributed by atoms with van der Waals surface area (Å²) < 4.78 is 0. The zero-order valence-electron chi connectivity index (χ0n) is 26.7. The van der Waals surface area contributed by atoms with E-state index in [1.54, 1.807) is 0 Å². The predicted molar refractivity (Wildman–Crippen MR) is 194 cm³/mol. The monoisotopic (exact) mass is 644 g/mol. The molecule has 33 heavy (non-hydrogen) atoms. The third kappa shape index (κ3) is 5.41. The van der Waals surface area contributed by atoms with Gasteiger partial charge in [-0.1, -0.05) is 118 Å². The minimum absolute atomic E-state index is 1.18. The lowest BCUT2D eigenvalue weighted by Gasteiger charge is -2.66. The second-order valence-corrected chi connectivity index (χ2v) is 121. The zero-order chi connectivity index (χ0) is 27.3. The van der Waals surface area contributed by atoms with Crippen molar-refractivity contribution in [1.82, 2.24) is 0 Å². The van der Waals surface area contributed by atoms with Crippen molar-refractivity contribution in [2.75, 3.05) is 23.3 Å². The van der Waals surface area contributed by atoms with Crippen LogP contribution in [0.4, 0.5) is 0 Å². The maximum Gasteiger partial charge on any atom is 0.0492 e. The zero-order valence-corrected chi connectivity index (χ0v) is 37.4. The normalized spacial score (nSPS) is 16.4. The third-order valence-corrected chi connectivity index (χ3v) is 220. The van der Waals surface area contributed by atoms with Crippen molar-refractivity contribution in [3.63, 3.8) is 0 Å². The summed E-state index contributed by atoms with van der Waals surface area (Å²) in [7, 11) is -11.5. The Balaban J connectivity index is 6.87. The molecule has 0 fully saturated rings. The third-order valence-electron chi connectivity index (χ3n) is 13.8. The van der Waals surface area contributed by atoms with E-state index in [1.165, 1.54) is 10.8 Å². The van der Waals surface area contributed by atoms with Gasteiger partial charge in [0.15, 0.2) is 0 Å². The van der Waals surface area contributed by atoms with Gasteiger partial charge >= 0.3 is 0 Å². The first-order chi connectivity index (χ1) is 14.1. The minimum atomic E-state index is -1.35. The molecule has 0 heterocycles. The van der Waals surface area contributed by atoms with E-state index in [1.807, 2.05) is 0 Å². The molecule has 11 heteroatoms. The average Bonchev–Trinajstić information content (AvgIpc) is 2.60. The Kier molecular flexibility index (Phi) is 11.5. The number of hydrogen-bond donors (Lipinski definition) is 0. The van der Waals surface area contributed by atoms with Crippen LogP contribution in [0.3, 0.4) is 0 Å². The van der Waals surface area contributed by atoms with E-state index in [2.05, 4.69) is 154 Å². The molecule has 0 aromatic rings. The van der Waals surface area contributed by atoms with Gasteiger partial charge in [0.1, 0.15) is 0 Å². The molecule has 0 aromatic carbocycles. The molecule has 0 spiro atoms. The van der Waals surface area contributed by atoms with E-state index in [4.69, 9.17) is 0 Å². The Morgan fingerprint density at radius 3 is 0.606 bits per heavy atom. The summed E-state index contributed by atoms with van der Waals surface area (Å²) >= 11 is 4.32. The molecule has 0 bridgehead atoms. The van der Waals surface area contributed by atoms with Crippen LogP contribution >= 0.6 is 23.5 Å². The summed E-state index contributed by atoms with van der Waals surface area (Å²) in [5.74, 6) is 0. The Bertz CT molecular complexity index is 625. The van der Waals surface area contributed by atoms with E-state index in [0.717, 1.165) is 0 Å². The Morgan fingerprint density at radius 1 is 0.303 bits per heavy atom. The quantitative estimate of drug-likeness (QED) is 0.195. The largest absolute Gasteiger partial charge is 0.169 e. The van der Waals surface area contributed by atoms with Gasteiger partial charge in [-0.3, -0.25) is 0 Å². The van der Waals surface area contributed by atoms with Crippen molar-refractivity contribution in [3.05, 3.63) is 0 Å². The van der Waals surface area contributed by atoms with Crippen LogP contribution in [-0.2, 0) is 0 Å². The van der Waals surface area contributed by atoms with E-state index in [0.29, 0.717) is 0 Å². The molecule has 0 aliphatic rings. The fourth-order valence-corrected chi connectivity index (χ4v) is 293. The van der Waals surface area contributed by atoms with Gasteiger partial charge in [0.05, 0.1) is 0 Å². The van der Waals surface area contributed by atoms with Crippen molar-refractivity contribution >= 4 is 88.5 Å². The van der Waals surface area contributed by atoms with E-state index >= 15 is 0 Å². The lowest BCUT2D eigenvalue weighted by molar-refractivity contribution is 1.70. The SMILES string of the molecule is CSC[Si](C)(C)[Si](C)(C)[Si](C)(C)[Si](C)(C)[Si](C)(C)[Si](C)(C)[Si](C)(C)[Si](C)(C)[Si](C)(C)CSC. The van der Waals surface area contributed by atoms with Crippen molar-refractivity contribution in [2.45, 2.75) is 118 Å². The molecule has 0 nitrogen and oxygen atoms in total. The van der Waals surface area contributed by atoms with Crippen LogP contribution in [0.2, 0.25) is 118 Å². The number of rotatable bonds is 12. The van der Waals surface area contributed by atoms with Gasteiger partial charge in [-0.2, -0.15) is 23.5 Å². The van der Waals surface area contributed by atoms with Crippen LogP contribution in [0.1, 0.15) is 0 Å². The average molecular weight is 646 g/mol. The molecule has 0 radical (unpaired) electrons. The lowest BCUT2D eigenvalue weighted by atomic mass is 11.8. The maximum atomic E-state index is 2.98. The standard InChI is InChI=1S/C22H64S2Si9/c1-23-21-25(3,4)27(7,8)29(11,12)31(15,16)33(19,20)32(17,18)30(13,14)28(9,10)26(5,6)22-24-2/h21-22H2,1-20H3. The summed E-state index contributed by atoms with van der Waals surface area (Å²) in [6, 6.07) is 0. The van der Waals surface area contributed by atoms with Crippen LogP contribution < -0.4 is 0 Å². The fourth-order valence-electron chi connectivity index (χ4n) is 6.68. The summed E-state index contributed by atoms with van der Waals surface area (Å²) in [6.07, 6.45) is 4.73. The molecule has 0 saturated carbocycles. The van der Waals surface area contributed by atoms with Gasteiger partial charge in [-0.25, -0.2) is 0 Å². The first kappa shape index (κ1) is 35.7. The van der Waals surface area contributed by atoms with E-state index < -0.39 is 64.9 Å². The molecule has 0 N–H and O–H groups in total. The van der Waals surface area contributed by atoms with E-state index in [9.17, 15) is 0 Å². The van der Waals surface area contributed by atoms with E-state index in [-0.39, 0.29) is 0 Å². The van der Waals surface area contributed by atoms with Crippen LogP contribution in [0.5, 0.6) is 0 Å². The van der Waals surface area contributed by atoms with Crippen molar-refractivity contribution in [1.29, 1.82) is 0 Å². The second kappa shape index (κ2) is 10.7. The molecule has 0 amide bonds. The van der Waals surface area contributed by atoms with Gasteiger partial charge < -0.3 is 0 Å². The lowest BCUT2D eigenvalue weighted by Crippen LogP contribution is -2.94. The van der Waals surface area contributed by atoms with Crippen molar-refractivity contribution in [3.8, 4) is 0 Å². The Morgan fingerprint density at radius 2 is 0.455 bits per heavy atom. The van der Waals surface area contributed by atoms with Gasteiger partial charge in [-0.15, -0.1) is 0 Å². The highest BCUT2D eigenvalue weighted by molar-refractivity contribution is 8.08. The molecule has 0 aliphatic heterocycles. The molecular formula is C22H64S2Si9. The van der Waals surface area contributed by atoms with Gasteiger partial charge in [0, 0.05) is 64.9 Å². The van der Waals surface area contributed by atoms with Crippen molar-refractivity contribution < 1.29 is 0 Å². The minimum Gasteiger partial charge on any atom is -0.169 e. The second-order valence-electron chi connectivity index (χ2n) is 16.0. The molecule has 0 unspecified atom stereocenters. The highest BCUT2D eigenvalue weighted by Crippen LogP contribution is 2.47. The smallest absolute Gasteiger partial charge is 0.0492 e.